The summed E-state index contributed by atoms with van der Waals surface area (Å²) >= 11 is 1.12. The second kappa shape index (κ2) is 7.52. The molecule has 0 unspecified atom stereocenters. The third-order valence-electron chi connectivity index (χ3n) is 5.62. The van der Waals surface area contributed by atoms with Crippen molar-refractivity contribution in [1.29, 1.82) is 0 Å². The minimum atomic E-state index is -4.64. The Balaban J connectivity index is 1.41. The number of piperazine rings is 1. The Labute approximate surface area is 185 Å². The number of amides is 1. The highest BCUT2D eigenvalue weighted by Gasteiger charge is 2.38. The van der Waals surface area contributed by atoms with Crippen molar-refractivity contribution < 1.29 is 26.4 Å². The molecule has 0 spiro atoms. The second-order valence-corrected chi connectivity index (χ2v) is 10.9. The Kier molecular flexibility index (Phi) is 5.02. The maximum atomic E-state index is 13.6. The van der Waals surface area contributed by atoms with Crippen LogP contribution in [0.5, 0.6) is 0 Å². The summed E-state index contributed by atoms with van der Waals surface area (Å²) in [5.74, 6) is -0.549. The summed E-state index contributed by atoms with van der Waals surface area (Å²) in [6, 6.07) is 4.18. The number of hydrogen-bond acceptors (Lipinski definition) is 6. The van der Waals surface area contributed by atoms with Crippen LogP contribution in [0.25, 0.3) is 5.65 Å². The molecule has 32 heavy (non-hydrogen) atoms. The van der Waals surface area contributed by atoms with Crippen molar-refractivity contribution in [2.45, 2.75) is 29.1 Å². The van der Waals surface area contributed by atoms with Gasteiger partial charge in [0.25, 0.3) is 15.9 Å². The minimum absolute atomic E-state index is 0.0208. The topological polar surface area (TPSA) is 87.9 Å². The molecule has 1 saturated heterocycles. The number of fused-ring (bicyclic) bond motifs is 1. The zero-order valence-corrected chi connectivity index (χ0v) is 18.3. The van der Waals surface area contributed by atoms with Crippen LogP contribution < -0.4 is 0 Å². The van der Waals surface area contributed by atoms with Crippen LogP contribution in [0.2, 0.25) is 0 Å². The molecule has 5 rings (SSSR count). The van der Waals surface area contributed by atoms with E-state index >= 15 is 0 Å². The largest absolute Gasteiger partial charge is 0.433 e. The van der Waals surface area contributed by atoms with Crippen LogP contribution in [0.1, 0.15) is 40.5 Å². The molecule has 1 aliphatic heterocycles. The minimum Gasteiger partial charge on any atom is -0.336 e. The third-order valence-corrected chi connectivity index (χ3v) is 8.89. The van der Waals surface area contributed by atoms with Crippen molar-refractivity contribution in [2.24, 2.45) is 0 Å². The van der Waals surface area contributed by atoms with Crippen LogP contribution in [-0.2, 0) is 16.2 Å². The van der Waals surface area contributed by atoms with Crippen LogP contribution in [-0.4, -0.2) is 64.3 Å². The standard InChI is InChI=1S/C19H18F3N5O3S2/c20-19(21,22)15-10-14(12-3-4-12)24-17-13(11-23-27(15)17)18(28)25-5-7-26(8-6-25)32(29,30)16-2-1-9-31-16/h1-2,9-12H,3-8H2. The normalized spacial score (nSPS) is 18.4. The van der Waals surface area contributed by atoms with E-state index in [0.29, 0.717) is 10.2 Å². The molecule has 0 atom stereocenters. The van der Waals surface area contributed by atoms with Crippen LogP contribution in [0.3, 0.4) is 0 Å². The molecule has 2 fully saturated rings. The van der Waals surface area contributed by atoms with Crippen LogP contribution in [0.15, 0.2) is 34.0 Å². The van der Waals surface area contributed by atoms with Gasteiger partial charge in [0.15, 0.2) is 5.65 Å². The molecule has 2 aliphatic rings. The van der Waals surface area contributed by atoms with Gasteiger partial charge in [0, 0.05) is 37.8 Å². The molecule has 0 radical (unpaired) electrons. The summed E-state index contributed by atoms with van der Waals surface area (Å²) < 4.78 is 68.3. The summed E-state index contributed by atoms with van der Waals surface area (Å²) in [5, 5.41) is 5.47. The summed E-state index contributed by atoms with van der Waals surface area (Å²) in [5.41, 5.74) is -0.797. The highest BCUT2D eigenvalue weighted by atomic mass is 32.2. The van der Waals surface area contributed by atoms with Gasteiger partial charge in [0.05, 0.1) is 6.20 Å². The van der Waals surface area contributed by atoms with Crippen molar-refractivity contribution >= 4 is 32.9 Å². The van der Waals surface area contributed by atoms with E-state index in [1.807, 2.05) is 0 Å². The lowest BCUT2D eigenvalue weighted by Gasteiger charge is -2.33. The Bertz CT molecular complexity index is 1280. The number of nitrogens with zero attached hydrogens (tertiary/aromatic N) is 5. The van der Waals surface area contributed by atoms with Gasteiger partial charge in [-0.15, -0.1) is 11.3 Å². The van der Waals surface area contributed by atoms with E-state index in [9.17, 15) is 26.4 Å². The van der Waals surface area contributed by atoms with Gasteiger partial charge < -0.3 is 4.90 Å². The summed E-state index contributed by atoms with van der Waals surface area (Å²) in [6.07, 6.45) is -2.01. The maximum Gasteiger partial charge on any atom is 0.433 e. The lowest BCUT2D eigenvalue weighted by molar-refractivity contribution is -0.142. The van der Waals surface area contributed by atoms with E-state index in [-0.39, 0.29) is 47.5 Å². The van der Waals surface area contributed by atoms with Crippen molar-refractivity contribution in [3.8, 4) is 0 Å². The number of aromatic nitrogens is 3. The van der Waals surface area contributed by atoms with Gasteiger partial charge in [-0.1, -0.05) is 6.07 Å². The zero-order chi connectivity index (χ0) is 22.7. The SMILES string of the molecule is O=C(c1cnn2c(C(F)(F)F)cc(C3CC3)nc12)N1CCN(S(=O)(=O)c2cccs2)CC1. The monoisotopic (exact) mass is 485 g/mol. The maximum absolute atomic E-state index is 13.6. The first-order valence-corrected chi connectivity index (χ1v) is 12.3. The molecule has 4 heterocycles. The molecule has 0 aromatic carbocycles. The number of thiophene rings is 1. The van der Waals surface area contributed by atoms with E-state index in [2.05, 4.69) is 10.1 Å². The molecule has 3 aromatic heterocycles. The molecule has 1 amide bonds. The Morgan fingerprint density at radius 3 is 2.47 bits per heavy atom. The van der Waals surface area contributed by atoms with Gasteiger partial charge in [-0.3, -0.25) is 4.79 Å². The average molecular weight is 486 g/mol. The number of halogens is 3. The molecule has 1 saturated carbocycles. The molecule has 8 nitrogen and oxygen atoms in total. The fraction of sp³-hybridized carbons (Fsp3) is 0.421. The number of alkyl halides is 3. The van der Waals surface area contributed by atoms with Crippen molar-refractivity contribution in [3.05, 3.63) is 46.7 Å². The Morgan fingerprint density at radius 2 is 1.88 bits per heavy atom. The smallest absolute Gasteiger partial charge is 0.336 e. The highest BCUT2D eigenvalue weighted by Crippen LogP contribution is 2.41. The average Bonchev–Trinajstić information content (AvgIpc) is 3.28. The van der Waals surface area contributed by atoms with Gasteiger partial charge in [-0.05, 0) is 30.4 Å². The predicted molar refractivity (Wildman–Crippen MR) is 109 cm³/mol. The van der Waals surface area contributed by atoms with E-state index in [0.717, 1.165) is 36.4 Å². The van der Waals surface area contributed by atoms with Crippen LogP contribution in [0.4, 0.5) is 13.2 Å². The first-order chi connectivity index (χ1) is 15.2. The fourth-order valence-electron chi connectivity index (χ4n) is 3.76. The van der Waals surface area contributed by atoms with Gasteiger partial charge >= 0.3 is 6.18 Å². The van der Waals surface area contributed by atoms with E-state index < -0.39 is 27.8 Å². The number of rotatable bonds is 4. The predicted octanol–water partition coefficient (Wildman–Crippen LogP) is 2.83. The number of carbonyl (C=O) groups excluding carboxylic acids is 1. The quantitative estimate of drug-likeness (QED) is 0.567. The summed E-state index contributed by atoms with van der Waals surface area (Å²) in [7, 11) is -3.63. The van der Waals surface area contributed by atoms with Crippen LogP contribution >= 0.6 is 11.3 Å². The molecular formula is C19H18F3N5O3S2. The zero-order valence-electron chi connectivity index (χ0n) is 16.6. The summed E-state index contributed by atoms with van der Waals surface area (Å²) in [4.78, 5) is 18.9. The Morgan fingerprint density at radius 1 is 1.16 bits per heavy atom. The van der Waals surface area contributed by atoms with Crippen molar-refractivity contribution in [2.75, 3.05) is 26.2 Å². The molecule has 13 heteroatoms. The first-order valence-electron chi connectivity index (χ1n) is 9.95. The van der Waals surface area contributed by atoms with E-state index in [4.69, 9.17) is 0 Å². The fourth-order valence-corrected chi connectivity index (χ4v) is 6.33. The molecule has 170 valence electrons. The lowest BCUT2D eigenvalue weighted by Crippen LogP contribution is -2.50. The molecule has 3 aromatic rings. The van der Waals surface area contributed by atoms with Gasteiger partial charge in [-0.25, -0.2) is 17.9 Å². The van der Waals surface area contributed by atoms with Crippen molar-refractivity contribution in [3.63, 3.8) is 0 Å². The molecular weight excluding hydrogens is 467 g/mol. The van der Waals surface area contributed by atoms with Gasteiger partial charge in [0.1, 0.15) is 15.5 Å². The van der Waals surface area contributed by atoms with Crippen molar-refractivity contribution in [1.82, 2.24) is 23.8 Å². The number of carbonyl (C=O) groups is 1. The van der Waals surface area contributed by atoms with Gasteiger partial charge in [0.2, 0.25) is 0 Å². The van der Waals surface area contributed by atoms with E-state index in [1.54, 1.807) is 11.4 Å². The van der Waals surface area contributed by atoms with Crippen LogP contribution in [0, 0.1) is 0 Å². The highest BCUT2D eigenvalue weighted by molar-refractivity contribution is 7.91. The third kappa shape index (κ3) is 3.67. The second-order valence-electron chi connectivity index (χ2n) is 7.76. The molecule has 0 N–H and O–H groups in total. The number of hydrogen-bond donors (Lipinski definition) is 0. The van der Waals surface area contributed by atoms with E-state index in [1.165, 1.54) is 15.3 Å². The molecule has 0 bridgehead atoms. The lowest BCUT2D eigenvalue weighted by atomic mass is 10.2. The first kappa shape index (κ1) is 21.3. The molecule has 1 aliphatic carbocycles. The summed E-state index contributed by atoms with van der Waals surface area (Å²) in [6.45, 7) is 0.434. The number of sulfonamides is 1. The Hall–Kier alpha value is -2.51. The van der Waals surface area contributed by atoms with Gasteiger partial charge in [-0.2, -0.15) is 22.6 Å².